The fraction of sp³-hybridized carbons (Fsp3) is 0.467. The van der Waals surface area contributed by atoms with Crippen LogP contribution in [0.25, 0.3) is 0 Å². The molecule has 1 unspecified atom stereocenters. The molecule has 1 aromatic carbocycles. The third-order valence-electron chi connectivity index (χ3n) is 3.13. The van der Waals surface area contributed by atoms with Crippen LogP contribution < -0.4 is 5.32 Å². The molecule has 0 aliphatic carbocycles. The molecule has 0 amide bonds. The first-order valence-corrected chi connectivity index (χ1v) is 6.81. The van der Waals surface area contributed by atoms with E-state index in [2.05, 4.69) is 11.9 Å². The molecule has 1 aromatic rings. The van der Waals surface area contributed by atoms with Gasteiger partial charge in [0.2, 0.25) is 5.82 Å². The molecule has 1 N–H and O–H groups in total. The normalized spacial score (nSPS) is 12.5. The van der Waals surface area contributed by atoms with Crippen molar-refractivity contribution in [2.75, 3.05) is 6.54 Å². The van der Waals surface area contributed by atoms with Crippen LogP contribution in [0.5, 0.6) is 0 Å². The van der Waals surface area contributed by atoms with Crippen molar-refractivity contribution < 1.29 is 22.0 Å². The molecule has 6 heteroatoms. The van der Waals surface area contributed by atoms with Crippen molar-refractivity contribution in [2.45, 2.75) is 38.6 Å². The molecule has 0 fully saturated rings. The lowest BCUT2D eigenvalue weighted by atomic mass is 9.98. The Balaban J connectivity index is 3.19. The topological polar surface area (TPSA) is 12.0 Å². The summed E-state index contributed by atoms with van der Waals surface area (Å²) < 4.78 is 67.2. The number of nitrogens with one attached hydrogen (secondary N) is 1. The van der Waals surface area contributed by atoms with Gasteiger partial charge in [-0.05, 0) is 32.2 Å². The average molecular weight is 307 g/mol. The van der Waals surface area contributed by atoms with E-state index in [0.717, 1.165) is 0 Å². The summed E-state index contributed by atoms with van der Waals surface area (Å²) in [4.78, 5) is 0. The first kappa shape index (κ1) is 17.6. The predicted molar refractivity (Wildman–Crippen MR) is 71.3 cm³/mol. The molecule has 0 aliphatic heterocycles. The van der Waals surface area contributed by atoms with Gasteiger partial charge < -0.3 is 5.32 Å². The van der Waals surface area contributed by atoms with Crippen LogP contribution in [0.3, 0.4) is 0 Å². The van der Waals surface area contributed by atoms with Crippen LogP contribution in [-0.4, -0.2) is 6.54 Å². The van der Waals surface area contributed by atoms with E-state index >= 15 is 0 Å². The highest BCUT2D eigenvalue weighted by atomic mass is 19.2. The maximum atomic E-state index is 13.8. The number of hydrogen-bond donors (Lipinski definition) is 1. The minimum atomic E-state index is -2.13. The van der Waals surface area contributed by atoms with Gasteiger partial charge in [0.1, 0.15) is 0 Å². The van der Waals surface area contributed by atoms with E-state index in [1.54, 1.807) is 6.08 Å². The van der Waals surface area contributed by atoms with Crippen LogP contribution in [0.2, 0.25) is 0 Å². The van der Waals surface area contributed by atoms with Gasteiger partial charge in [-0.1, -0.05) is 13.0 Å². The van der Waals surface area contributed by atoms with Crippen molar-refractivity contribution >= 4 is 0 Å². The second kappa shape index (κ2) is 8.12. The molecular weight excluding hydrogens is 289 g/mol. The molecule has 118 valence electrons. The molecule has 1 rings (SSSR count). The lowest BCUT2D eigenvalue weighted by Crippen LogP contribution is -2.25. The molecule has 0 saturated carbocycles. The van der Waals surface area contributed by atoms with Crippen LogP contribution in [0.4, 0.5) is 22.0 Å². The monoisotopic (exact) mass is 307 g/mol. The SMILES string of the molecule is C=CCCCC(NCCC)c1c(F)c(F)c(F)c(F)c1F. The number of halogens is 5. The van der Waals surface area contributed by atoms with Crippen molar-refractivity contribution in [3.8, 4) is 0 Å². The lowest BCUT2D eigenvalue weighted by Gasteiger charge is -2.20. The molecule has 0 heterocycles. The molecule has 0 saturated heterocycles. The fourth-order valence-corrected chi connectivity index (χ4v) is 2.06. The minimum absolute atomic E-state index is 0.254. The molecule has 1 atom stereocenters. The molecule has 0 bridgehead atoms. The van der Waals surface area contributed by atoms with E-state index in [1.165, 1.54) is 0 Å². The van der Waals surface area contributed by atoms with Gasteiger partial charge in [0.15, 0.2) is 23.3 Å². The molecule has 0 aliphatic rings. The first-order chi connectivity index (χ1) is 9.95. The highest BCUT2D eigenvalue weighted by Crippen LogP contribution is 2.30. The highest BCUT2D eigenvalue weighted by Gasteiger charge is 2.29. The summed E-state index contributed by atoms with van der Waals surface area (Å²) in [5.74, 6) is -9.47. The van der Waals surface area contributed by atoms with Crippen molar-refractivity contribution in [2.24, 2.45) is 0 Å². The van der Waals surface area contributed by atoms with E-state index in [1.807, 2.05) is 6.92 Å². The van der Waals surface area contributed by atoms with Gasteiger partial charge >= 0.3 is 0 Å². The molecule has 1 nitrogen and oxygen atoms in total. The number of allylic oxidation sites excluding steroid dienone is 1. The summed E-state index contributed by atoms with van der Waals surface area (Å²) in [5.41, 5.74) is -0.788. The highest BCUT2D eigenvalue weighted by molar-refractivity contribution is 5.27. The van der Waals surface area contributed by atoms with E-state index in [-0.39, 0.29) is 6.42 Å². The Morgan fingerprint density at radius 2 is 1.52 bits per heavy atom. The smallest absolute Gasteiger partial charge is 0.200 e. The third kappa shape index (κ3) is 4.03. The Labute approximate surface area is 120 Å². The van der Waals surface area contributed by atoms with Crippen molar-refractivity contribution in [1.82, 2.24) is 5.32 Å². The molecule has 0 aromatic heterocycles. The molecular formula is C15H18F5N. The Morgan fingerprint density at radius 3 is 2.00 bits per heavy atom. The second-order valence-corrected chi connectivity index (χ2v) is 4.71. The predicted octanol–water partition coefficient (Wildman–Crippen LogP) is 4.78. The van der Waals surface area contributed by atoms with Crippen molar-refractivity contribution in [3.63, 3.8) is 0 Å². The Morgan fingerprint density at radius 1 is 1.00 bits per heavy atom. The minimum Gasteiger partial charge on any atom is -0.310 e. The van der Waals surface area contributed by atoms with Gasteiger partial charge in [0, 0.05) is 11.6 Å². The van der Waals surface area contributed by atoms with Gasteiger partial charge in [-0.2, -0.15) is 0 Å². The van der Waals surface area contributed by atoms with Crippen LogP contribution in [0, 0.1) is 29.1 Å². The summed E-state index contributed by atoms with van der Waals surface area (Å²) >= 11 is 0. The quantitative estimate of drug-likeness (QED) is 0.240. The maximum absolute atomic E-state index is 13.8. The van der Waals surface area contributed by atoms with Gasteiger partial charge in [-0.25, -0.2) is 22.0 Å². The van der Waals surface area contributed by atoms with E-state index in [9.17, 15) is 22.0 Å². The van der Waals surface area contributed by atoms with E-state index in [0.29, 0.717) is 25.8 Å². The summed E-state index contributed by atoms with van der Waals surface area (Å²) in [7, 11) is 0. The van der Waals surface area contributed by atoms with Gasteiger partial charge in [-0.15, -0.1) is 6.58 Å². The van der Waals surface area contributed by atoms with Gasteiger partial charge in [0.05, 0.1) is 0 Å². The van der Waals surface area contributed by atoms with E-state index < -0.39 is 40.7 Å². The Hall–Kier alpha value is -1.43. The number of unbranched alkanes of at least 4 members (excludes halogenated alkanes) is 1. The average Bonchev–Trinajstić information content (AvgIpc) is 2.48. The summed E-state index contributed by atoms with van der Waals surface area (Å²) in [6.07, 6.45) is 3.69. The van der Waals surface area contributed by atoms with Crippen molar-refractivity contribution in [1.29, 1.82) is 0 Å². The van der Waals surface area contributed by atoms with Crippen molar-refractivity contribution in [3.05, 3.63) is 47.3 Å². The van der Waals surface area contributed by atoms with E-state index in [4.69, 9.17) is 0 Å². The van der Waals surface area contributed by atoms with Gasteiger partial charge in [0.25, 0.3) is 0 Å². The summed E-state index contributed by atoms with van der Waals surface area (Å²) in [6, 6.07) is -0.922. The van der Waals surface area contributed by atoms with Crippen LogP contribution in [0.15, 0.2) is 12.7 Å². The number of hydrogen-bond acceptors (Lipinski definition) is 1. The Kier molecular flexibility index (Phi) is 6.81. The summed E-state index contributed by atoms with van der Waals surface area (Å²) in [5, 5.41) is 2.83. The zero-order chi connectivity index (χ0) is 16.0. The van der Waals surface area contributed by atoms with Crippen LogP contribution in [0.1, 0.15) is 44.2 Å². The summed E-state index contributed by atoms with van der Waals surface area (Å²) in [6.45, 7) is 5.78. The lowest BCUT2D eigenvalue weighted by molar-refractivity contribution is 0.350. The van der Waals surface area contributed by atoms with Crippen LogP contribution >= 0.6 is 0 Å². The molecule has 21 heavy (non-hydrogen) atoms. The first-order valence-electron chi connectivity index (χ1n) is 6.81. The standard InChI is InChI=1S/C15H18F5N/c1-3-5-6-7-9(21-8-4-2)10-11(16)13(18)15(20)14(19)12(10)17/h3,9,21H,1,4-8H2,2H3. The fourth-order valence-electron chi connectivity index (χ4n) is 2.06. The largest absolute Gasteiger partial charge is 0.310 e. The number of rotatable bonds is 8. The van der Waals surface area contributed by atoms with Crippen LogP contribution in [-0.2, 0) is 0 Å². The maximum Gasteiger partial charge on any atom is 0.200 e. The van der Waals surface area contributed by atoms with Gasteiger partial charge in [-0.3, -0.25) is 0 Å². The Bertz CT molecular complexity index is 472. The zero-order valence-corrected chi connectivity index (χ0v) is 11.8. The molecule has 0 radical (unpaired) electrons. The number of benzene rings is 1. The second-order valence-electron chi connectivity index (χ2n) is 4.71. The molecule has 0 spiro atoms. The third-order valence-corrected chi connectivity index (χ3v) is 3.13. The zero-order valence-electron chi connectivity index (χ0n) is 11.8.